The minimum atomic E-state index is 0.476. The van der Waals surface area contributed by atoms with Crippen molar-refractivity contribution >= 4 is 49.0 Å². The number of aryl methyl sites for hydroxylation is 1. The Morgan fingerprint density at radius 2 is 1.88 bits per heavy atom. The van der Waals surface area contributed by atoms with Gasteiger partial charge in [-0.2, -0.15) is 0 Å². The Morgan fingerprint density at radius 3 is 2.69 bits per heavy atom. The van der Waals surface area contributed by atoms with Crippen LogP contribution in [0, 0.1) is 12.8 Å². The van der Waals surface area contributed by atoms with Gasteiger partial charge < -0.3 is 0 Å². The van der Waals surface area contributed by atoms with Gasteiger partial charge in [0.05, 0.1) is 3.79 Å². The molecule has 5 rings (SSSR count). The normalized spacial score (nSPS) is 16.8. The summed E-state index contributed by atoms with van der Waals surface area (Å²) in [5, 5.41) is 1.41. The summed E-state index contributed by atoms with van der Waals surface area (Å²) in [5.41, 5.74) is 12.0. The molecule has 130 valence electrons. The maximum absolute atomic E-state index is 3.67. The summed E-state index contributed by atoms with van der Waals surface area (Å²) in [6.45, 7) is 7.03. The smallest absolute Gasteiger partial charge is 0.0711 e. The van der Waals surface area contributed by atoms with E-state index in [4.69, 9.17) is 0 Å². The van der Waals surface area contributed by atoms with Gasteiger partial charge in [-0.1, -0.05) is 48.4 Å². The Balaban J connectivity index is 1.60. The van der Waals surface area contributed by atoms with Gasteiger partial charge in [-0.15, -0.1) is 11.3 Å². The van der Waals surface area contributed by atoms with E-state index in [-0.39, 0.29) is 0 Å². The summed E-state index contributed by atoms with van der Waals surface area (Å²) in [6.07, 6.45) is 4.62. The van der Waals surface area contributed by atoms with Crippen molar-refractivity contribution in [1.29, 1.82) is 0 Å². The van der Waals surface area contributed by atoms with Crippen molar-refractivity contribution in [1.82, 2.24) is 0 Å². The molecule has 0 N–H and O–H groups in total. The Labute approximate surface area is 167 Å². The lowest BCUT2D eigenvalue weighted by Gasteiger charge is -2.18. The van der Waals surface area contributed by atoms with E-state index in [0.29, 0.717) is 5.92 Å². The number of halogens is 1. The third-order valence-electron chi connectivity index (χ3n) is 6.16. The summed E-state index contributed by atoms with van der Waals surface area (Å²) in [6, 6.07) is 13.5. The zero-order chi connectivity index (χ0) is 18.0. The van der Waals surface area contributed by atoms with Gasteiger partial charge in [-0.25, -0.2) is 0 Å². The predicted molar refractivity (Wildman–Crippen MR) is 118 cm³/mol. The first-order chi connectivity index (χ1) is 12.5. The van der Waals surface area contributed by atoms with Gasteiger partial charge in [0, 0.05) is 10.6 Å². The van der Waals surface area contributed by atoms with Gasteiger partial charge in [-0.05, 0) is 93.5 Å². The standard InChI is InChI=1S/C24H21BrS/c1-13-8-19-15(3)20-12-23(25)26-22(20)11-21(19)24(13)14(2)18-9-16-6-4-5-7-17(16)10-18/h4-7,9,11-12,14H,8,10H2,1-3H3. The monoisotopic (exact) mass is 420 g/mol. The van der Waals surface area contributed by atoms with E-state index >= 15 is 0 Å². The van der Waals surface area contributed by atoms with Crippen LogP contribution in [0.2, 0.25) is 0 Å². The Bertz CT molecular complexity index is 1130. The SMILES string of the molecule is CC1=C(C(C)C2=Cc3ccccc3C2)c2cc3sc(Br)cc3c(C)c2C1. The molecule has 2 aliphatic carbocycles. The second kappa shape index (κ2) is 5.94. The fourth-order valence-electron chi connectivity index (χ4n) is 4.79. The van der Waals surface area contributed by atoms with Gasteiger partial charge in [0.2, 0.25) is 0 Å². The fraction of sp³-hybridized carbons (Fsp3) is 0.250. The van der Waals surface area contributed by atoms with Gasteiger partial charge >= 0.3 is 0 Å². The van der Waals surface area contributed by atoms with Crippen LogP contribution in [0.25, 0.3) is 21.7 Å². The van der Waals surface area contributed by atoms with Crippen LogP contribution in [0.3, 0.4) is 0 Å². The molecule has 0 spiro atoms. The molecule has 0 aliphatic heterocycles. The van der Waals surface area contributed by atoms with Crippen LogP contribution >= 0.6 is 27.3 Å². The second-order valence-electron chi connectivity index (χ2n) is 7.68. The summed E-state index contributed by atoms with van der Waals surface area (Å²) in [5.74, 6) is 0.476. The van der Waals surface area contributed by atoms with Crippen molar-refractivity contribution < 1.29 is 0 Å². The van der Waals surface area contributed by atoms with Gasteiger partial charge in [-0.3, -0.25) is 0 Å². The molecule has 0 fully saturated rings. The summed E-state index contributed by atoms with van der Waals surface area (Å²) in [4.78, 5) is 0. The quantitative estimate of drug-likeness (QED) is 0.400. The molecule has 26 heavy (non-hydrogen) atoms. The molecule has 1 unspecified atom stereocenters. The van der Waals surface area contributed by atoms with E-state index in [1.165, 1.54) is 36.1 Å². The molecule has 3 aromatic rings. The third kappa shape index (κ3) is 2.39. The topological polar surface area (TPSA) is 0 Å². The van der Waals surface area contributed by atoms with Crippen molar-refractivity contribution in [2.24, 2.45) is 5.92 Å². The Morgan fingerprint density at radius 1 is 1.08 bits per heavy atom. The minimum absolute atomic E-state index is 0.476. The van der Waals surface area contributed by atoms with Gasteiger partial charge in [0.25, 0.3) is 0 Å². The number of hydrogen-bond donors (Lipinski definition) is 0. The first-order valence-electron chi connectivity index (χ1n) is 9.23. The van der Waals surface area contributed by atoms with Gasteiger partial charge in [0.1, 0.15) is 0 Å². The molecule has 0 nitrogen and oxygen atoms in total. The largest absolute Gasteiger partial charge is 0.128 e. The average molecular weight is 421 g/mol. The van der Waals surface area contributed by atoms with Crippen molar-refractivity contribution in [2.45, 2.75) is 33.6 Å². The van der Waals surface area contributed by atoms with E-state index in [9.17, 15) is 0 Å². The molecule has 2 heteroatoms. The van der Waals surface area contributed by atoms with E-state index in [1.54, 1.807) is 22.3 Å². The van der Waals surface area contributed by atoms with E-state index in [1.807, 2.05) is 11.3 Å². The van der Waals surface area contributed by atoms with Crippen molar-refractivity contribution in [2.75, 3.05) is 0 Å². The van der Waals surface area contributed by atoms with Crippen LogP contribution in [0.4, 0.5) is 0 Å². The number of benzene rings is 2. The highest BCUT2D eigenvalue weighted by Crippen LogP contribution is 2.47. The molecule has 1 atom stereocenters. The lowest BCUT2D eigenvalue weighted by atomic mass is 9.86. The molecular weight excluding hydrogens is 400 g/mol. The molecule has 2 aliphatic rings. The van der Waals surface area contributed by atoms with Crippen LogP contribution in [0.5, 0.6) is 0 Å². The molecule has 0 bridgehead atoms. The number of rotatable bonds is 2. The summed E-state index contributed by atoms with van der Waals surface area (Å²) in [7, 11) is 0. The van der Waals surface area contributed by atoms with Crippen molar-refractivity contribution in [3.63, 3.8) is 0 Å². The molecule has 2 aromatic carbocycles. The fourth-order valence-corrected chi connectivity index (χ4v) is 6.43. The van der Waals surface area contributed by atoms with Crippen LogP contribution in [0.15, 0.2) is 51.3 Å². The third-order valence-corrected chi connectivity index (χ3v) is 7.74. The van der Waals surface area contributed by atoms with E-state index in [2.05, 4.69) is 79.2 Å². The van der Waals surface area contributed by atoms with Gasteiger partial charge in [0.15, 0.2) is 0 Å². The zero-order valence-corrected chi connectivity index (χ0v) is 17.7. The van der Waals surface area contributed by atoms with Crippen LogP contribution in [-0.2, 0) is 12.8 Å². The Hall–Kier alpha value is -1.64. The summed E-state index contributed by atoms with van der Waals surface area (Å²) >= 11 is 5.52. The minimum Gasteiger partial charge on any atom is -0.128 e. The molecule has 0 radical (unpaired) electrons. The Kier molecular flexibility index (Phi) is 3.77. The molecule has 0 amide bonds. The molecule has 0 saturated heterocycles. The summed E-state index contributed by atoms with van der Waals surface area (Å²) < 4.78 is 2.62. The highest BCUT2D eigenvalue weighted by atomic mass is 79.9. The first kappa shape index (κ1) is 16.5. The molecule has 1 heterocycles. The number of allylic oxidation sites excluding steroid dienone is 3. The highest BCUT2D eigenvalue weighted by molar-refractivity contribution is 9.11. The van der Waals surface area contributed by atoms with Crippen LogP contribution < -0.4 is 0 Å². The number of hydrogen-bond acceptors (Lipinski definition) is 1. The maximum atomic E-state index is 3.67. The van der Waals surface area contributed by atoms with Crippen molar-refractivity contribution in [3.8, 4) is 0 Å². The van der Waals surface area contributed by atoms with Crippen molar-refractivity contribution in [3.05, 3.63) is 79.1 Å². The lowest BCUT2D eigenvalue weighted by molar-refractivity contribution is 0.857. The molecule has 0 saturated carbocycles. The average Bonchev–Trinajstić information content (AvgIpc) is 3.29. The van der Waals surface area contributed by atoms with E-state index in [0.717, 1.165) is 12.8 Å². The maximum Gasteiger partial charge on any atom is 0.0711 e. The zero-order valence-electron chi connectivity index (χ0n) is 15.3. The molecule has 1 aromatic heterocycles. The highest BCUT2D eigenvalue weighted by Gasteiger charge is 2.29. The molecular formula is C24H21BrS. The predicted octanol–water partition coefficient (Wildman–Crippen LogP) is 7.58. The second-order valence-corrected chi connectivity index (χ2v) is 10.1. The van der Waals surface area contributed by atoms with Crippen LogP contribution in [0.1, 0.15) is 41.7 Å². The first-order valence-corrected chi connectivity index (χ1v) is 10.8. The number of fused-ring (bicyclic) bond motifs is 3. The lowest BCUT2D eigenvalue weighted by Crippen LogP contribution is -2.03. The van der Waals surface area contributed by atoms with Crippen LogP contribution in [-0.4, -0.2) is 0 Å². The van der Waals surface area contributed by atoms with E-state index < -0.39 is 0 Å². The number of thiophene rings is 1.